The van der Waals surface area contributed by atoms with E-state index < -0.39 is 14.9 Å². The number of fused-ring (bicyclic) bond motifs is 2. The van der Waals surface area contributed by atoms with Crippen LogP contribution >= 0.6 is 0 Å². The van der Waals surface area contributed by atoms with Gasteiger partial charge in [0.1, 0.15) is 11.9 Å². The molecule has 0 spiro atoms. The Morgan fingerprint density at radius 3 is 2.50 bits per heavy atom. The van der Waals surface area contributed by atoms with Crippen LogP contribution in [0.2, 0.25) is 0 Å². The number of benzene rings is 1. The number of rotatable bonds is 5. The minimum absolute atomic E-state index is 0.112. The lowest BCUT2D eigenvalue weighted by atomic mass is 10.0. The van der Waals surface area contributed by atoms with Crippen LogP contribution in [0, 0.1) is 22.0 Å². The van der Waals surface area contributed by atoms with Crippen molar-refractivity contribution < 1.29 is 13.3 Å². The van der Waals surface area contributed by atoms with Crippen molar-refractivity contribution in [3.63, 3.8) is 0 Å². The number of pyridine rings is 1. The summed E-state index contributed by atoms with van der Waals surface area (Å²) in [5.41, 5.74) is 0.365. The number of nitrogens with zero attached hydrogens (tertiary/aromatic N) is 3. The molecule has 156 valence electrons. The number of aromatic nitrogens is 2. The summed E-state index contributed by atoms with van der Waals surface area (Å²) >= 11 is 0. The average molecular weight is 427 g/mol. The third kappa shape index (κ3) is 3.03. The lowest BCUT2D eigenvalue weighted by Gasteiger charge is -2.16. The molecule has 5 rings (SSSR count). The van der Waals surface area contributed by atoms with Gasteiger partial charge in [-0.2, -0.15) is 0 Å². The van der Waals surface area contributed by atoms with Crippen LogP contribution in [0.25, 0.3) is 11.0 Å². The van der Waals surface area contributed by atoms with E-state index in [1.165, 1.54) is 18.3 Å². The fourth-order valence-corrected chi connectivity index (χ4v) is 6.05. The second-order valence-corrected chi connectivity index (χ2v) is 9.75. The van der Waals surface area contributed by atoms with Gasteiger partial charge in [0.05, 0.1) is 15.2 Å². The van der Waals surface area contributed by atoms with Gasteiger partial charge in [0.2, 0.25) is 0 Å². The quantitative estimate of drug-likeness (QED) is 0.474. The molecule has 2 aromatic heterocycles. The molecule has 0 unspecified atom stereocenters. The summed E-state index contributed by atoms with van der Waals surface area (Å²) in [5.74, 6) is 1.14. The fourth-order valence-electron chi connectivity index (χ4n) is 4.73. The largest absolute Gasteiger partial charge is 0.376 e. The molecule has 3 atom stereocenters. The van der Waals surface area contributed by atoms with Crippen LogP contribution < -0.4 is 10.6 Å². The van der Waals surface area contributed by atoms with Crippen LogP contribution in [0.1, 0.15) is 12.8 Å². The highest BCUT2D eigenvalue weighted by Gasteiger charge is 2.38. The van der Waals surface area contributed by atoms with Crippen molar-refractivity contribution in [2.75, 3.05) is 18.4 Å². The minimum Gasteiger partial charge on any atom is -0.376 e. The molecule has 2 N–H and O–H groups in total. The van der Waals surface area contributed by atoms with Crippen LogP contribution in [0.3, 0.4) is 0 Å². The van der Waals surface area contributed by atoms with Crippen molar-refractivity contribution >= 4 is 32.4 Å². The Hall–Kier alpha value is -2.98. The molecular weight excluding hydrogens is 406 g/mol. The Bertz CT molecular complexity index is 1210. The van der Waals surface area contributed by atoms with Crippen molar-refractivity contribution in [3.8, 4) is 0 Å². The Morgan fingerprint density at radius 2 is 1.83 bits per heavy atom. The third-order valence-electron chi connectivity index (χ3n) is 6.16. The average Bonchev–Trinajstić information content (AvgIpc) is 3.43. The van der Waals surface area contributed by atoms with Crippen molar-refractivity contribution in [1.82, 2.24) is 14.3 Å². The Balaban J connectivity index is 1.58. The summed E-state index contributed by atoms with van der Waals surface area (Å²) in [6.07, 6.45) is 4.41. The van der Waals surface area contributed by atoms with E-state index >= 15 is 0 Å². The highest BCUT2D eigenvalue weighted by Crippen LogP contribution is 2.39. The third-order valence-corrected chi connectivity index (χ3v) is 7.84. The topological polar surface area (TPSA) is 119 Å². The first-order valence-electron chi connectivity index (χ1n) is 9.87. The van der Waals surface area contributed by atoms with Crippen molar-refractivity contribution in [3.05, 3.63) is 58.9 Å². The van der Waals surface area contributed by atoms with E-state index in [1.807, 2.05) is 0 Å². The molecule has 3 heterocycles. The maximum atomic E-state index is 13.1. The lowest BCUT2D eigenvalue weighted by molar-refractivity contribution is -0.384. The van der Waals surface area contributed by atoms with E-state index in [-0.39, 0.29) is 22.3 Å². The SMILES string of the molecule is O=[N+]([O-])c1cnc2c(ccn2S(=O)(=O)c2ccccc2)c1N[C@@H]1C[C@H]2CNC[C@H]2C1. The summed E-state index contributed by atoms with van der Waals surface area (Å²) in [6, 6.07) is 9.75. The number of hydrogen-bond donors (Lipinski definition) is 2. The Morgan fingerprint density at radius 1 is 1.13 bits per heavy atom. The predicted octanol–water partition coefficient (Wildman–Crippen LogP) is 2.59. The van der Waals surface area contributed by atoms with Gasteiger partial charge in [-0.05, 0) is 56.0 Å². The van der Waals surface area contributed by atoms with Crippen molar-refractivity contribution in [1.29, 1.82) is 0 Å². The molecule has 1 saturated carbocycles. The second-order valence-electron chi connectivity index (χ2n) is 7.93. The van der Waals surface area contributed by atoms with Crippen LogP contribution in [0.5, 0.6) is 0 Å². The predicted molar refractivity (Wildman–Crippen MR) is 112 cm³/mol. The van der Waals surface area contributed by atoms with E-state index in [1.54, 1.807) is 24.3 Å². The molecule has 0 amide bonds. The smallest absolute Gasteiger partial charge is 0.311 e. The van der Waals surface area contributed by atoms with E-state index in [4.69, 9.17) is 0 Å². The van der Waals surface area contributed by atoms with Crippen molar-refractivity contribution in [2.45, 2.75) is 23.8 Å². The highest BCUT2D eigenvalue weighted by atomic mass is 32.2. The van der Waals surface area contributed by atoms with Crippen molar-refractivity contribution in [2.24, 2.45) is 11.8 Å². The molecule has 3 aromatic rings. The second kappa shape index (κ2) is 7.06. The summed E-state index contributed by atoms with van der Waals surface area (Å²) in [5, 5.41) is 18.8. The van der Waals surface area contributed by atoms with Gasteiger partial charge in [-0.25, -0.2) is 17.4 Å². The van der Waals surface area contributed by atoms with Crippen LogP contribution in [0.4, 0.5) is 11.4 Å². The molecule has 0 bridgehead atoms. The Kier molecular flexibility index (Phi) is 4.48. The molecule has 2 fully saturated rings. The van der Waals surface area contributed by atoms with E-state index in [0.717, 1.165) is 36.1 Å². The van der Waals surface area contributed by atoms with Gasteiger partial charge in [-0.15, -0.1) is 0 Å². The molecule has 10 heteroatoms. The van der Waals surface area contributed by atoms with Crippen LogP contribution in [-0.2, 0) is 10.0 Å². The van der Waals surface area contributed by atoms with Crippen LogP contribution in [-0.4, -0.2) is 41.4 Å². The maximum absolute atomic E-state index is 13.1. The first-order valence-corrected chi connectivity index (χ1v) is 11.3. The molecule has 2 aliphatic rings. The zero-order valence-electron chi connectivity index (χ0n) is 16.1. The van der Waals surface area contributed by atoms with Gasteiger partial charge in [0.25, 0.3) is 10.0 Å². The number of nitro groups is 1. The monoisotopic (exact) mass is 427 g/mol. The van der Waals surface area contributed by atoms with E-state index in [9.17, 15) is 18.5 Å². The minimum atomic E-state index is -3.86. The van der Waals surface area contributed by atoms with Gasteiger partial charge in [-0.1, -0.05) is 18.2 Å². The number of hydrogen-bond acceptors (Lipinski definition) is 7. The lowest BCUT2D eigenvalue weighted by Crippen LogP contribution is -2.21. The molecule has 1 saturated heterocycles. The molecule has 1 aromatic carbocycles. The summed E-state index contributed by atoms with van der Waals surface area (Å²) < 4.78 is 27.2. The highest BCUT2D eigenvalue weighted by molar-refractivity contribution is 7.90. The summed E-state index contributed by atoms with van der Waals surface area (Å²) in [7, 11) is -3.86. The maximum Gasteiger partial charge on any atom is 0.311 e. The molecular formula is C20H21N5O4S. The first-order chi connectivity index (χ1) is 14.4. The summed E-state index contributed by atoms with van der Waals surface area (Å²) in [4.78, 5) is 15.4. The fraction of sp³-hybridized carbons (Fsp3) is 0.350. The van der Waals surface area contributed by atoms with Gasteiger partial charge in [-0.3, -0.25) is 10.1 Å². The first kappa shape index (κ1) is 19.0. The number of nitrogens with one attached hydrogen (secondary N) is 2. The molecule has 9 nitrogen and oxygen atoms in total. The number of anilines is 1. The standard InChI is InChI=1S/C20H21N5O4S/c26-25(27)18-12-22-20-17(19(18)23-15-8-13-10-21-11-14(13)9-15)6-7-24(20)30(28,29)16-4-2-1-3-5-16/h1-7,12-15,21H,8-11H2,(H,22,23)/t13-,14+,15+. The molecule has 30 heavy (non-hydrogen) atoms. The normalized spacial score (nSPS) is 23.5. The summed E-state index contributed by atoms with van der Waals surface area (Å²) in [6.45, 7) is 1.95. The molecule has 0 radical (unpaired) electrons. The van der Waals surface area contributed by atoms with E-state index in [0.29, 0.717) is 22.9 Å². The van der Waals surface area contributed by atoms with Gasteiger partial charge in [0, 0.05) is 12.2 Å². The molecule has 1 aliphatic heterocycles. The van der Waals surface area contributed by atoms with Gasteiger partial charge in [0.15, 0.2) is 5.65 Å². The molecule has 1 aliphatic carbocycles. The zero-order valence-corrected chi connectivity index (χ0v) is 16.9. The Labute approximate surface area is 173 Å². The van der Waals surface area contributed by atoms with Gasteiger partial charge >= 0.3 is 5.69 Å². The van der Waals surface area contributed by atoms with Crippen LogP contribution in [0.15, 0.2) is 53.7 Å². The zero-order chi connectivity index (χ0) is 20.9. The van der Waals surface area contributed by atoms with Gasteiger partial charge < -0.3 is 10.6 Å². The van der Waals surface area contributed by atoms with E-state index in [2.05, 4.69) is 15.6 Å².